The van der Waals surface area contributed by atoms with Gasteiger partial charge >= 0.3 is 0 Å². The second-order valence-electron chi connectivity index (χ2n) is 4.68. The van der Waals surface area contributed by atoms with Crippen molar-refractivity contribution in [2.75, 3.05) is 0 Å². The number of rotatable bonds is 5. The van der Waals surface area contributed by atoms with Crippen molar-refractivity contribution < 1.29 is 9.59 Å². The fourth-order valence-electron chi connectivity index (χ4n) is 2.34. The van der Waals surface area contributed by atoms with E-state index in [0.29, 0.717) is 11.1 Å². The Balaban J connectivity index is 2.84. The van der Waals surface area contributed by atoms with Crippen LogP contribution in [-0.4, -0.2) is 11.6 Å². The third kappa shape index (κ3) is 2.75. The highest BCUT2D eigenvalue weighted by Gasteiger charge is 2.20. The summed E-state index contributed by atoms with van der Waals surface area (Å²) in [5.41, 5.74) is 3.17. The number of allylic oxidation sites excluding steroid dienone is 2. The average Bonchev–Trinajstić information content (AvgIpc) is 2.53. The van der Waals surface area contributed by atoms with Crippen LogP contribution in [0.15, 0.2) is 67.8 Å². The van der Waals surface area contributed by atoms with Gasteiger partial charge in [0.25, 0.3) is 0 Å². The molecular weight excluding hydrogens is 260 g/mol. The van der Waals surface area contributed by atoms with Gasteiger partial charge in [-0.3, -0.25) is 9.59 Å². The summed E-state index contributed by atoms with van der Waals surface area (Å²) in [4.78, 5) is 24.5. The summed E-state index contributed by atoms with van der Waals surface area (Å²) in [5.74, 6) is -0.516. The molecule has 0 saturated heterocycles. The molecule has 2 aromatic carbocycles. The Labute approximate surface area is 124 Å². The second kappa shape index (κ2) is 6.14. The van der Waals surface area contributed by atoms with Crippen LogP contribution in [0.1, 0.15) is 26.3 Å². The van der Waals surface area contributed by atoms with Crippen LogP contribution in [0.3, 0.4) is 0 Å². The SMILES string of the molecule is C=CC(=O)c1c(C)ccc(-c2ccccc2)c1C(=O)C=C. The number of aryl methyl sites for hydroxylation is 1. The summed E-state index contributed by atoms with van der Waals surface area (Å²) in [7, 11) is 0. The molecule has 2 heteroatoms. The molecule has 0 amide bonds. The Bertz CT molecular complexity index is 725. The largest absolute Gasteiger partial charge is 0.289 e. The van der Waals surface area contributed by atoms with E-state index in [-0.39, 0.29) is 11.6 Å². The average molecular weight is 276 g/mol. The van der Waals surface area contributed by atoms with Crippen molar-refractivity contribution in [1.82, 2.24) is 0 Å². The molecule has 0 spiro atoms. The van der Waals surface area contributed by atoms with Crippen molar-refractivity contribution in [3.8, 4) is 11.1 Å². The van der Waals surface area contributed by atoms with E-state index in [1.807, 2.05) is 49.4 Å². The minimum atomic E-state index is -0.261. The molecule has 0 aliphatic heterocycles. The lowest BCUT2D eigenvalue weighted by Crippen LogP contribution is -2.10. The lowest BCUT2D eigenvalue weighted by molar-refractivity contribution is 0.101. The van der Waals surface area contributed by atoms with E-state index < -0.39 is 0 Å². The van der Waals surface area contributed by atoms with Crippen LogP contribution in [0.5, 0.6) is 0 Å². The molecular formula is C19H16O2. The van der Waals surface area contributed by atoms with E-state index in [9.17, 15) is 9.59 Å². The molecule has 0 aliphatic rings. The third-order valence-electron chi connectivity index (χ3n) is 3.36. The molecule has 0 atom stereocenters. The molecule has 0 fully saturated rings. The van der Waals surface area contributed by atoms with Crippen LogP contribution >= 0.6 is 0 Å². The fourth-order valence-corrected chi connectivity index (χ4v) is 2.34. The molecule has 0 N–H and O–H groups in total. The molecule has 21 heavy (non-hydrogen) atoms. The Morgan fingerprint density at radius 1 is 0.857 bits per heavy atom. The molecule has 2 aromatic rings. The highest BCUT2D eigenvalue weighted by molar-refractivity contribution is 6.19. The maximum absolute atomic E-state index is 12.3. The maximum atomic E-state index is 12.3. The second-order valence-corrected chi connectivity index (χ2v) is 4.68. The van der Waals surface area contributed by atoms with Crippen molar-refractivity contribution in [3.05, 3.63) is 84.5 Å². The van der Waals surface area contributed by atoms with Crippen LogP contribution in [0, 0.1) is 6.92 Å². The molecule has 104 valence electrons. The standard InChI is InChI=1S/C19H16O2/c1-4-16(20)18-13(3)11-12-15(19(18)17(21)5-2)14-9-7-6-8-10-14/h4-12H,1-2H2,3H3. The Hall–Kier alpha value is -2.74. The highest BCUT2D eigenvalue weighted by Crippen LogP contribution is 2.29. The molecule has 2 rings (SSSR count). The summed E-state index contributed by atoms with van der Waals surface area (Å²) in [6.45, 7) is 8.87. The van der Waals surface area contributed by atoms with Gasteiger partial charge in [-0.1, -0.05) is 55.6 Å². The first-order valence-electron chi connectivity index (χ1n) is 6.62. The van der Waals surface area contributed by atoms with E-state index in [1.54, 1.807) is 0 Å². The van der Waals surface area contributed by atoms with Gasteiger partial charge in [0.05, 0.1) is 0 Å². The van der Waals surface area contributed by atoms with Crippen molar-refractivity contribution in [2.24, 2.45) is 0 Å². The van der Waals surface area contributed by atoms with Crippen molar-refractivity contribution in [1.29, 1.82) is 0 Å². The molecule has 0 heterocycles. The van der Waals surface area contributed by atoms with Crippen LogP contribution in [0.25, 0.3) is 11.1 Å². The third-order valence-corrected chi connectivity index (χ3v) is 3.36. The predicted octanol–water partition coefficient (Wildman–Crippen LogP) is 4.40. The van der Waals surface area contributed by atoms with E-state index in [1.165, 1.54) is 12.2 Å². The lowest BCUT2D eigenvalue weighted by atomic mass is 9.88. The predicted molar refractivity (Wildman–Crippen MR) is 85.7 cm³/mol. The lowest BCUT2D eigenvalue weighted by Gasteiger charge is -2.14. The number of hydrogen-bond acceptors (Lipinski definition) is 2. The van der Waals surface area contributed by atoms with E-state index in [2.05, 4.69) is 13.2 Å². The fraction of sp³-hybridized carbons (Fsp3) is 0.0526. The number of carbonyl (C=O) groups excluding carboxylic acids is 2. The first kappa shape index (κ1) is 14.7. The normalized spacial score (nSPS) is 9.95. The van der Waals surface area contributed by atoms with Gasteiger partial charge in [-0.2, -0.15) is 0 Å². The van der Waals surface area contributed by atoms with Gasteiger partial charge in [-0.05, 0) is 35.8 Å². The molecule has 2 nitrogen and oxygen atoms in total. The molecule has 0 unspecified atom stereocenters. The molecule has 0 bridgehead atoms. The minimum absolute atomic E-state index is 0.254. The monoisotopic (exact) mass is 276 g/mol. The topological polar surface area (TPSA) is 34.1 Å². The summed E-state index contributed by atoms with van der Waals surface area (Å²) >= 11 is 0. The van der Waals surface area contributed by atoms with Gasteiger partial charge in [0, 0.05) is 11.1 Å². The van der Waals surface area contributed by atoms with Gasteiger partial charge in [0.15, 0.2) is 11.6 Å². The smallest absolute Gasteiger partial charge is 0.186 e. The number of hydrogen-bond donors (Lipinski definition) is 0. The van der Waals surface area contributed by atoms with Crippen molar-refractivity contribution >= 4 is 11.6 Å². The van der Waals surface area contributed by atoms with Crippen LogP contribution in [0.4, 0.5) is 0 Å². The number of carbonyl (C=O) groups is 2. The first-order valence-corrected chi connectivity index (χ1v) is 6.62. The molecule has 0 saturated carbocycles. The molecule has 0 aliphatic carbocycles. The summed E-state index contributed by atoms with van der Waals surface area (Å²) < 4.78 is 0. The number of benzene rings is 2. The van der Waals surface area contributed by atoms with E-state index in [4.69, 9.17) is 0 Å². The summed E-state index contributed by atoms with van der Waals surface area (Å²) in [5, 5.41) is 0. The van der Waals surface area contributed by atoms with Crippen LogP contribution < -0.4 is 0 Å². The quantitative estimate of drug-likeness (QED) is 0.599. The highest BCUT2D eigenvalue weighted by atomic mass is 16.1. The Morgan fingerprint density at radius 2 is 1.43 bits per heavy atom. The zero-order valence-electron chi connectivity index (χ0n) is 11.9. The van der Waals surface area contributed by atoms with Gasteiger partial charge in [-0.25, -0.2) is 0 Å². The van der Waals surface area contributed by atoms with Crippen molar-refractivity contribution in [2.45, 2.75) is 6.92 Å². The van der Waals surface area contributed by atoms with E-state index in [0.717, 1.165) is 16.7 Å². The Morgan fingerprint density at radius 3 is 2.00 bits per heavy atom. The maximum Gasteiger partial charge on any atom is 0.186 e. The first-order chi connectivity index (χ1) is 10.1. The molecule has 0 radical (unpaired) electrons. The van der Waals surface area contributed by atoms with Gasteiger partial charge < -0.3 is 0 Å². The van der Waals surface area contributed by atoms with Gasteiger partial charge in [0.2, 0.25) is 0 Å². The van der Waals surface area contributed by atoms with E-state index >= 15 is 0 Å². The zero-order chi connectivity index (χ0) is 15.4. The van der Waals surface area contributed by atoms with Gasteiger partial charge in [0.1, 0.15) is 0 Å². The summed E-state index contributed by atoms with van der Waals surface area (Å²) in [6, 6.07) is 13.2. The zero-order valence-corrected chi connectivity index (χ0v) is 11.9. The summed E-state index contributed by atoms with van der Waals surface area (Å²) in [6.07, 6.45) is 2.47. The van der Waals surface area contributed by atoms with Crippen LogP contribution in [-0.2, 0) is 0 Å². The molecule has 0 aromatic heterocycles. The van der Waals surface area contributed by atoms with Crippen LogP contribution in [0.2, 0.25) is 0 Å². The number of ketones is 2. The minimum Gasteiger partial charge on any atom is -0.289 e. The Kier molecular flexibility index (Phi) is 4.29. The van der Waals surface area contributed by atoms with Gasteiger partial charge in [-0.15, -0.1) is 0 Å². The van der Waals surface area contributed by atoms with Crippen molar-refractivity contribution in [3.63, 3.8) is 0 Å².